The maximum Gasteiger partial charge on any atom is 0.131 e. The van der Waals surface area contributed by atoms with Crippen LogP contribution >= 0.6 is 11.3 Å². The molecule has 1 atom stereocenters. The lowest BCUT2D eigenvalue weighted by molar-refractivity contribution is 0.164. The van der Waals surface area contributed by atoms with Gasteiger partial charge in [0, 0.05) is 18.0 Å². The maximum absolute atomic E-state index is 13.4. The molecule has 2 aromatic rings. The molecular weight excluding hydrogens is 268 g/mol. The summed E-state index contributed by atoms with van der Waals surface area (Å²) in [6.45, 7) is 2.69. The Hall–Kier alpha value is -1.30. The number of hydrogen-bond acceptors (Lipinski definition) is 3. The first-order chi connectivity index (χ1) is 9.09. The van der Waals surface area contributed by atoms with Gasteiger partial charge in [-0.3, -0.25) is 0 Å². The molecule has 1 aromatic heterocycles. The molecule has 0 bridgehead atoms. The van der Waals surface area contributed by atoms with Crippen LogP contribution in [0.15, 0.2) is 29.6 Å². The van der Waals surface area contributed by atoms with Crippen LogP contribution in [0.4, 0.5) is 8.78 Å². The fourth-order valence-corrected chi connectivity index (χ4v) is 2.71. The van der Waals surface area contributed by atoms with Gasteiger partial charge in [-0.05, 0) is 36.1 Å². The molecule has 102 valence electrons. The summed E-state index contributed by atoms with van der Waals surface area (Å²) < 4.78 is 26.9. The van der Waals surface area contributed by atoms with Crippen molar-refractivity contribution in [3.8, 4) is 0 Å². The van der Waals surface area contributed by atoms with Crippen LogP contribution in [0.3, 0.4) is 0 Å². The average molecular weight is 283 g/mol. The molecule has 2 N–H and O–H groups in total. The van der Waals surface area contributed by atoms with Crippen LogP contribution in [-0.2, 0) is 6.54 Å². The lowest BCUT2D eigenvalue weighted by Gasteiger charge is -2.13. The van der Waals surface area contributed by atoms with Gasteiger partial charge in [-0.15, -0.1) is 11.3 Å². The second kappa shape index (κ2) is 6.23. The molecule has 0 amide bonds. The van der Waals surface area contributed by atoms with E-state index in [2.05, 4.69) is 5.32 Å². The molecule has 1 unspecified atom stereocenters. The van der Waals surface area contributed by atoms with E-state index in [4.69, 9.17) is 0 Å². The highest BCUT2D eigenvalue weighted by Gasteiger charge is 2.17. The quantitative estimate of drug-likeness (QED) is 0.883. The third-order valence-electron chi connectivity index (χ3n) is 2.92. The van der Waals surface area contributed by atoms with E-state index in [1.807, 2.05) is 18.4 Å². The molecule has 1 aromatic carbocycles. The Kier molecular flexibility index (Phi) is 4.63. The van der Waals surface area contributed by atoms with Crippen molar-refractivity contribution in [1.29, 1.82) is 0 Å². The van der Waals surface area contributed by atoms with E-state index in [0.29, 0.717) is 6.54 Å². The number of hydrogen-bond donors (Lipinski definition) is 2. The fraction of sp³-hybridized carbons (Fsp3) is 0.286. The molecule has 0 fully saturated rings. The number of aryl methyl sites for hydroxylation is 1. The number of aliphatic hydroxyl groups is 1. The molecule has 0 aliphatic heterocycles. The van der Waals surface area contributed by atoms with Crippen LogP contribution in [-0.4, -0.2) is 11.7 Å². The number of rotatable bonds is 5. The summed E-state index contributed by atoms with van der Waals surface area (Å²) in [6.07, 6.45) is -1.19. The number of halogens is 2. The Morgan fingerprint density at radius 2 is 1.95 bits per heavy atom. The molecule has 19 heavy (non-hydrogen) atoms. The first kappa shape index (κ1) is 14.1. The lowest BCUT2D eigenvalue weighted by atomic mass is 10.1. The van der Waals surface area contributed by atoms with Crippen molar-refractivity contribution in [1.82, 2.24) is 5.32 Å². The van der Waals surface area contributed by atoms with Gasteiger partial charge >= 0.3 is 0 Å². The number of aliphatic hydroxyl groups excluding tert-OH is 1. The highest BCUT2D eigenvalue weighted by Crippen LogP contribution is 2.20. The number of nitrogens with one attached hydrogen (secondary N) is 1. The largest absolute Gasteiger partial charge is 0.387 e. The lowest BCUT2D eigenvalue weighted by Crippen LogP contribution is -2.22. The second-order valence-corrected chi connectivity index (χ2v) is 5.31. The molecular formula is C14H15F2NOS. The van der Waals surface area contributed by atoms with Crippen LogP contribution in [0.2, 0.25) is 0 Å². The first-order valence-corrected chi connectivity index (χ1v) is 6.83. The Morgan fingerprint density at radius 3 is 2.53 bits per heavy atom. The SMILES string of the molecule is Cc1ccsc1CNCC(O)c1c(F)cccc1F. The maximum atomic E-state index is 13.4. The summed E-state index contributed by atoms with van der Waals surface area (Å²) in [7, 11) is 0. The summed E-state index contributed by atoms with van der Waals surface area (Å²) in [5.74, 6) is -1.44. The first-order valence-electron chi connectivity index (χ1n) is 5.95. The van der Waals surface area contributed by atoms with Crippen molar-refractivity contribution in [2.45, 2.75) is 19.6 Å². The van der Waals surface area contributed by atoms with E-state index in [1.165, 1.54) is 11.6 Å². The zero-order valence-corrected chi connectivity index (χ0v) is 11.3. The second-order valence-electron chi connectivity index (χ2n) is 4.31. The van der Waals surface area contributed by atoms with Gasteiger partial charge in [-0.2, -0.15) is 0 Å². The molecule has 1 heterocycles. The number of thiophene rings is 1. The summed E-state index contributed by atoms with van der Waals surface area (Å²) in [4.78, 5) is 1.15. The Bertz CT molecular complexity index is 536. The fourth-order valence-electron chi connectivity index (χ4n) is 1.84. The van der Waals surface area contributed by atoms with Gasteiger partial charge in [0.05, 0.1) is 11.7 Å². The van der Waals surface area contributed by atoms with Crippen molar-refractivity contribution in [2.24, 2.45) is 0 Å². The minimum atomic E-state index is -1.19. The zero-order valence-electron chi connectivity index (χ0n) is 10.5. The average Bonchev–Trinajstić information content (AvgIpc) is 2.75. The van der Waals surface area contributed by atoms with Crippen molar-refractivity contribution in [3.05, 3.63) is 57.3 Å². The molecule has 0 aliphatic carbocycles. The van der Waals surface area contributed by atoms with Gasteiger partial charge < -0.3 is 10.4 Å². The van der Waals surface area contributed by atoms with Crippen molar-refractivity contribution < 1.29 is 13.9 Å². The third kappa shape index (κ3) is 3.37. The standard InChI is InChI=1S/C14H15F2NOS/c1-9-5-6-19-13(9)8-17-7-12(18)14-10(15)3-2-4-11(14)16/h2-6,12,17-18H,7-8H2,1H3. The van der Waals surface area contributed by atoms with E-state index in [9.17, 15) is 13.9 Å². The Morgan fingerprint density at radius 1 is 1.26 bits per heavy atom. The van der Waals surface area contributed by atoms with Crippen LogP contribution in [0.5, 0.6) is 0 Å². The predicted molar refractivity (Wildman–Crippen MR) is 72.1 cm³/mol. The molecule has 5 heteroatoms. The third-order valence-corrected chi connectivity index (χ3v) is 3.95. The van der Waals surface area contributed by atoms with Crippen molar-refractivity contribution >= 4 is 11.3 Å². The van der Waals surface area contributed by atoms with Crippen LogP contribution < -0.4 is 5.32 Å². The van der Waals surface area contributed by atoms with E-state index in [1.54, 1.807) is 11.3 Å². The van der Waals surface area contributed by atoms with Gasteiger partial charge in [0.25, 0.3) is 0 Å². The molecule has 2 nitrogen and oxygen atoms in total. The number of benzene rings is 1. The molecule has 0 aliphatic rings. The summed E-state index contributed by atoms with van der Waals surface area (Å²) >= 11 is 1.61. The monoisotopic (exact) mass is 283 g/mol. The highest BCUT2D eigenvalue weighted by molar-refractivity contribution is 7.10. The van der Waals surface area contributed by atoms with Gasteiger partial charge in [0.1, 0.15) is 11.6 Å². The van der Waals surface area contributed by atoms with Gasteiger partial charge in [0.15, 0.2) is 0 Å². The zero-order chi connectivity index (χ0) is 13.8. The summed E-state index contributed by atoms with van der Waals surface area (Å²) in [6, 6.07) is 5.58. The van der Waals surface area contributed by atoms with Crippen molar-refractivity contribution in [3.63, 3.8) is 0 Å². The van der Waals surface area contributed by atoms with Gasteiger partial charge in [0.2, 0.25) is 0 Å². The van der Waals surface area contributed by atoms with Crippen LogP contribution in [0.1, 0.15) is 22.1 Å². The van der Waals surface area contributed by atoms with E-state index in [-0.39, 0.29) is 12.1 Å². The Balaban J connectivity index is 1.95. The summed E-state index contributed by atoms with van der Waals surface area (Å²) in [5, 5.41) is 14.8. The molecule has 2 rings (SSSR count). The Labute approximate surface area is 114 Å². The van der Waals surface area contributed by atoms with E-state index < -0.39 is 17.7 Å². The van der Waals surface area contributed by atoms with Gasteiger partial charge in [-0.25, -0.2) is 8.78 Å². The molecule has 0 saturated carbocycles. The normalized spacial score (nSPS) is 12.6. The van der Waals surface area contributed by atoms with Gasteiger partial charge in [-0.1, -0.05) is 6.07 Å². The highest BCUT2D eigenvalue weighted by atomic mass is 32.1. The minimum Gasteiger partial charge on any atom is -0.387 e. The summed E-state index contributed by atoms with van der Waals surface area (Å²) in [5.41, 5.74) is 0.891. The van der Waals surface area contributed by atoms with E-state index in [0.717, 1.165) is 17.0 Å². The predicted octanol–water partition coefficient (Wildman–Crippen LogP) is 3.16. The van der Waals surface area contributed by atoms with Crippen molar-refractivity contribution in [2.75, 3.05) is 6.54 Å². The molecule has 0 saturated heterocycles. The van der Waals surface area contributed by atoms with Crippen LogP contribution in [0.25, 0.3) is 0 Å². The topological polar surface area (TPSA) is 32.3 Å². The minimum absolute atomic E-state index is 0.106. The molecule has 0 spiro atoms. The van der Waals surface area contributed by atoms with Crippen LogP contribution in [0, 0.1) is 18.6 Å². The smallest absolute Gasteiger partial charge is 0.131 e. The van der Waals surface area contributed by atoms with E-state index >= 15 is 0 Å². The molecule has 0 radical (unpaired) electrons.